The molecule has 1 rings (SSSR count). The molecule has 1 atom stereocenters. The number of unbranched alkanes of at least 4 members (excludes halogenated alkanes) is 1. The minimum absolute atomic E-state index is 0.0639. The van der Waals surface area contributed by atoms with E-state index in [1.807, 2.05) is 18.2 Å². The number of ether oxygens (including phenoxy) is 1. The quantitative estimate of drug-likeness (QED) is 0.652. The first-order valence-electron chi connectivity index (χ1n) is 7.90. The summed E-state index contributed by atoms with van der Waals surface area (Å²) < 4.78 is 5.55. The summed E-state index contributed by atoms with van der Waals surface area (Å²) in [5, 5.41) is 6.28. The molecule has 0 heterocycles. The average molecular weight is 292 g/mol. The molecule has 1 amide bonds. The number of hydrogen-bond acceptors (Lipinski definition) is 3. The molecule has 0 fully saturated rings. The van der Waals surface area contributed by atoms with Crippen LogP contribution < -0.4 is 15.4 Å². The summed E-state index contributed by atoms with van der Waals surface area (Å²) in [6, 6.07) is 8.19. The zero-order valence-corrected chi connectivity index (χ0v) is 13.4. The van der Waals surface area contributed by atoms with Crippen molar-refractivity contribution < 1.29 is 9.53 Å². The molecule has 0 aliphatic carbocycles. The van der Waals surface area contributed by atoms with Gasteiger partial charge in [0.25, 0.3) is 5.91 Å². The van der Waals surface area contributed by atoms with E-state index in [1.165, 1.54) is 5.56 Å². The van der Waals surface area contributed by atoms with Crippen LogP contribution in [-0.2, 0) is 4.79 Å². The second-order valence-electron chi connectivity index (χ2n) is 5.24. The van der Waals surface area contributed by atoms with Crippen LogP contribution in [-0.4, -0.2) is 25.6 Å². The Labute approximate surface area is 128 Å². The highest BCUT2D eigenvalue weighted by molar-refractivity contribution is 5.77. The number of benzene rings is 1. The van der Waals surface area contributed by atoms with Gasteiger partial charge in [-0.2, -0.15) is 0 Å². The maximum Gasteiger partial charge on any atom is 0.257 e. The molecular weight excluding hydrogens is 264 g/mol. The number of nitrogens with one attached hydrogen (secondary N) is 2. The summed E-state index contributed by atoms with van der Waals surface area (Å²) in [4.78, 5) is 11.6. The third kappa shape index (κ3) is 7.14. The van der Waals surface area contributed by atoms with Gasteiger partial charge in [0.2, 0.25) is 0 Å². The van der Waals surface area contributed by atoms with Crippen molar-refractivity contribution in [1.29, 1.82) is 0 Å². The Morgan fingerprint density at radius 1 is 1.24 bits per heavy atom. The molecule has 0 saturated carbocycles. The molecule has 0 aromatic heterocycles. The van der Waals surface area contributed by atoms with E-state index in [1.54, 1.807) is 0 Å². The van der Waals surface area contributed by atoms with Crippen LogP contribution in [0.15, 0.2) is 24.3 Å². The molecule has 0 spiro atoms. The van der Waals surface area contributed by atoms with Gasteiger partial charge in [0, 0.05) is 12.6 Å². The third-order valence-corrected chi connectivity index (χ3v) is 3.28. The highest BCUT2D eigenvalue weighted by atomic mass is 16.5. The maximum atomic E-state index is 11.6. The number of carbonyl (C=O) groups is 1. The van der Waals surface area contributed by atoms with Crippen LogP contribution in [0.1, 0.15) is 51.6 Å². The Balaban J connectivity index is 2.43. The Morgan fingerprint density at radius 3 is 2.76 bits per heavy atom. The summed E-state index contributed by atoms with van der Waals surface area (Å²) >= 11 is 0. The summed E-state index contributed by atoms with van der Waals surface area (Å²) in [5.41, 5.74) is 1.17. The Morgan fingerprint density at radius 2 is 2.05 bits per heavy atom. The molecule has 1 aromatic rings. The van der Waals surface area contributed by atoms with Gasteiger partial charge in [0.1, 0.15) is 5.75 Å². The predicted molar refractivity (Wildman–Crippen MR) is 86.6 cm³/mol. The highest BCUT2D eigenvalue weighted by Crippen LogP contribution is 2.19. The molecule has 21 heavy (non-hydrogen) atoms. The Kier molecular flexibility index (Phi) is 8.51. The molecule has 0 aliphatic rings. The molecule has 0 bridgehead atoms. The van der Waals surface area contributed by atoms with Gasteiger partial charge in [-0.05, 0) is 44.0 Å². The van der Waals surface area contributed by atoms with Gasteiger partial charge in [-0.15, -0.1) is 0 Å². The molecule has 0 aliphatic heterocycles. The SMILES string of the molecule is CCCCNC(=O)COc1cccc(C(C)NCCC)c1. The lowest BCUT2D eigenvalue weighted by Gasteiger charge is -2.15. The first-order valence-corrected chi connectivity index (χ1v) is 7.90. The third-order valence-electron chi connectivity index (χ3n) is 3.28. The van der Waals surface area contributed by atoms with Gasteiger partial charge in [0.15, 0.2) is 6.61 Å². The molecule has 4 heteroatoms. The van der Waals surface area contributed by atoms with Gasteiger partial charge in [-0.25, -0.2) is 0 Å². The molecule has 2 N–H and O–H groups in total. The fourth-order valence-electron chi connectivity index (χ4n) is 1.96. The van der Waals surface area contributed by atoms with E-state index in [9.17, 15) is 4.79 Å². The van der Waals surface area contributed by atoms with Gasteiger partial charge in [0.05, 0.1) is 0 Å². The minimum Gasteiger partial charge on any atom is -0.484 e. The number of hydrogen-bond donors (Lipinski definition) is 2. The summed E-state index contributed by atoms with van der Waals surface area (Å²) in [5.74, 6) is 0.675. The van der Waals surface area contributed by atoms with Crippen LogP contribution in [0.2, 0.25) is 0 Å². The lowest BCUT2D eigenvalue weighted by molar-refractivity contribution is -0.123. The second-order valence-corrected chi connectivity index (χ2v) is 5.24. The fourth-order valence-corrected chi connectivity index (χ4v) is 1.96. The minimum atomic E-state index is -0.0639. The monoisotopic (exact) mass is 292 g/mol. The van der Waals surface area contributed by atoms with E-state index in [0.717, 1.165) is 38.1 Å². The van der Waals surface area contributed by atoms with E-state index in [4.69, 9.17) is 4.74 Å². The summed E-state index contributed by atoms with van der Waals surface area (Å²) in [7, 11) is 0. The second kappa shape index (κ2) is 10.2. The van der Waals surface area contributed by atoms with Crippen LogP contribution >= 0.6 is 0 Å². The molecular formula is C17H28N2O2. The molecule has 1 aromatic carbocycles. The largest absolute Gasteiger partial charge is 0.484 e. The molecule has 1 unspecified atom stereocenters. The van der Waals surface area contributed by atoms with Crippen LogP contribution in [0.25, 0.3) is 0 Å². The fraction of sp³-hybridized carbons (Fsp3) is 0.588. The number of carbonyl (C=O) groups excluding carboxylic acids is 1. The van der Waals surface area contributed by atoms with Gasteiger partial charge in [-0.1, -0.05) is 32.4 Å². The lowest BCUT2D eigenvalue weighted by Crippen LogP contribution is -2.29. The van der Waals surface area contributed by atoms with E-state index in [0.29, 0.717) is 0 Å². The van der Waals surface area contributed by atoms with Crippen LogP contribution in [0.4, 0.5) is 0 Å². The lowest BCUT2D eigenvalue weighted by atomic mass is 10.1. The first-order chi connectivity index (χ1) is 10.2. The van der Waals surface area contributed by atoms with Crippen molar-refractivity contribution in [1.82, 2.24) is 10.6 Å². The highest BCUT2D eigenvalue weighted by Gasteiger charge is 2.06. The summed E-state index contributed by atoms with van der Waals surface area (Å²) in [6.07, 6.45) is 3.19. The normalized spacial score (nSPS) is 12.0. The van der Waals surface area contributed by atoms with Gasteiger partial charge < -0.3 is 15.4 Å². The number of amides is 1. The van der Waals surface area contributed by atoms with Crippen molar-refractivity contribution in [3.8, 4) is 5.75 Å². The van der Waals surface area contributed by atoms with Gasteiger partial charge in [-0.3, -0.25) is 4.79 Å². The zero-order chi connectivity index (χ0) is 15.5. The van der Waals surface area contributed by atoms with E-state index >= 15 is 0 Å². The standard InChI is InChI=1S/C17H28N2O2/c1-4-6-11-19-17(20)13-21-16-9-7-8-15(12-16)14(3)18-10-5-2/h7-9,12,14,18H,4-6,10-11,13H2,1-3H3,(H,19,20). The predicted octanol–water partition coefficient (Wildman–Crippen LogP) is 3.04. The van der Waals surface area contributed by atoms with Crippen LogP contribution in [0.5, 0.6) is 5.75 Å². The van der Waals surface area contributed by atoms with Crippen molar-refractivity contribution in [2.24, 2.45) is 0 Å². The molecule has 0 saturated heterocycles. The molecule has 0 radical (unpaired) electrons. The van der Waals surface area contributed by atoms with Crippen LogP contribution in [0.3, 0.4) is 0 Å². The van der Waals surface area contributed by atoms with Crippen molar-refractivity contribution in [2.45, 2.75) is 46.1 Å². The van der Waals surface area contributed by atoms with Crippen molar-refractivity contribution in [3.05, 3.63) is 29.8 Å². The van der Waals surface area contributed by atoms with E-state index < -0.39 is 0 Å². The Bertz CT molecular complexity index is 421. The zero-order valence-electron chi connectivity index (χ0n) is 13.4. The number of rotatable bonds is 10. The van der Waals surface area contributed by atoms with Crippen molar-refractivity contribution >= 4 is 5.91 Å². The van der Waals surface area contributed by atoms with Gasteiger partial charge >= 0.3 is 0 Å². The first kappa shape index (κ1) is 17.5. The van der Waals surface area contributed by atoms with Crippen molar-refractivity contribution in [2.75, 3.05) is 19.7 Å². The maximum absolute atomic E-state index is 11.6. The molecule has 118 valence electrons. The topological polar surface area (TPSA) is 50.4 Å². The van der Waals surface area contributed by atoms with E-state index in [2.05, 4.69) is 37.5 Å². The Hall–Kier alpha value is -1.55. The average Bonchev–Trinajstić information content (AvgIpc) is 2.51. The van der Waals surface area contributed by atoms with Crippen molar-refractivity contribution in [3.63, 3.8) is 0 Å². The summed E-state index contributed by atoms with van der Waals surface area (Å²) in [6.45, 7) is 8.16. The molecule has 4 nitrogen and oxygen atoms in total. The van der Waals surface area contributed by atoms with E-state index in [-0.39, 0.29) is 18.6 Å². The smallest absolute Gasteiger partial charge is 0.257 e. The van der Waals surface area contributed by atoms with Crippen LogP contribution in [0, 0.1) is 0 Å².